The van der Waals surface area contributed by atoms with Crippen molar-refractivity contribution in [3.05, 3.63) is 63.2 Å². The molecule has 7 nitrogen and oxygen atoms in total. The van der Waals surface area contributed by atoms with Crippen molar-refractivity contribution in [2.45, 2.75) is 39.8 Å². The number of nitrogens with one attached hydrogen (secondary N) is 2. The molecular weight excluding hydrogens is 435 g/mol. The molecule has 1 aromatic carbocycles. The number of aromatic amines is 1. The van der Waals surface area contributed by atoms with Crippen LogP contribution in [0, 0.1) is 19.8 Å². The van der Waals surface area contributed by atoms with Gasteiger partial charge in [-0.25, -0.2) is 4.39 Å². The van der Waals surface area contributed by atoms with Gasteiger partial charge in [0.05, 0.1) is 24.8 Å². The van der Waals surface area contributed by atoms with Crippen LogP contribution in [0.2, 0.25) is 0 Å². The smallest absolute Gasteiger partial charge is 0.256 e. The number of likely N-dealkylation sites (tertiary alicyclic amines) is 1. The van der Waals surface area contributed by atoms with Gasteiger partial charge in [-0.1, -0.05) is 18.2 Å². The lowest BCUT2D eigenvalue weighted by Gasteiger charge is -2.31. The number of piperidine rings is 1. The van der Waals surface area contributed by atoms with Crippen molar-refractivity contribution in [1.82, 2.24) is 19.8 Å². The highest BCUT2D eigenvalue weighted by Gasteiger charge is 2.24. The number of fused-ring (bicyclic) bond motifs is 1. The number of ether oxygens (including phenoxy) is 1. The van der Waals surface area contributed by atoms with Crippen LogP contribution in [0.4, 0.5) is 4.39 Å². The summed E-state index contributed by atoms with van der Waals surface area (Å²) in [5.74, 6) is 0.726. The Kier molecular flexibility index (Phi) is 7.36. The predicted molar refractivity (Wildman–Crippen MR) is 131 cm³/mol. The average molecular weight is 469 g/mol. The van der Waals surface area contributed by atoms with E-state index in [9.17, 15) is 14.0 Å². The number of amides is 1. The molecule has 0 radical (unpaired) electrons. The second kappa shape index (κ2) is 10.4. The molecule has 0 atom stereocenters. The number of halogens is 1. The van der Waals surface area contributed by atoms with Crippen molar-refractivity contribution in [2.24, 2.45) is 5.92 Å². The second-order valence-electron chi connectivity index (χ2n) is 9.07. The molecule has 0 aliphatic carbocycles. The summed E-state index contributed by atoms with van der Waals surface area (Å²) in [6.45, 7) is 6.70. The van der Waals surface area contributed by atoms with Crippen LogP contribution in [-0.4, -0.2) is 53.8 Å². The zero-order valence-corrected chi connectivity index (χ0v) is 20.1. The third-order valence-corrected chi connectivity index (χ3v) is 6.88. The normalized spacial score (nSPS) is 15.1. The van der Waals surface area contributed by atoms with Crippen molar-refractivity contribution in [3.63, 3.8) is 0 Å². The van der Waals surface area contributed by atoms with E-state index in [-0.39, 0.29) is 24.7 Å². The summed E-state index contributed by atoms with van der Waals surface area (Å²) in [6, 6.07) is 9.69. The molecule has 2 aromatic heterocycles. The standard InChI is InChI=1S/C26H33FN4O3/c1-17-14-23(34-3)21(25(32)29-17)15-28-26(33)24-18(2)31(22-7-5-4-6-20(22)24)16-19-8-11-30(12-9-19)13-10-27/h4-7,14,19H,8-13,15-16H2,1-3H3,(H,28,33)(H,29,32). The second-order valence-corrected chi connectivity index (χ2v) is 9.07. The Hall–Kier alpha value is -3.13. The lowest BCUT2D eigenvalue weighted by molar-refractivity contribution is 0.0951. The van der Waals surface area contributed by atoms with Crippen LogP contribution < -0.4 is 15.6 Å². The fraction of sp³-hybridized carbons (Fsp3) is 0.462. The molecule has 1 fully saturated rings. The molecule has 1 amide bonds. The molecule has 3 heterocycles. The van der Waals surface area contributed by atoms with Gasteiger partial charge in [-0.3, -0.25) is 9.59 Å². The molecule has 0 spiro atoms. The van der Waals surface area contributed by atoms with E-state index in [0.717, 1.165) is 49.1 Å². The molecule has 34 heavy (non-hydrogen) atoms. The van der Waals surface area contributed by atoms with Gasteiger partial charge in [0, 0.05) is 35.4 Å². The summed E-state index contributed by atoms with van der Waals surface area (Å²) in [6.07, 6.45) is 2.03. The van der Waals surface area contributed by atoms with Crippen molar-refractivity contribution in [2.75, 3.05) is 33.4 Å². The number of hydrogen-bond acceptors (Lipinski definition) is 4. The number of nitrogens with zero attached hydrogens (tertiary/aromatic N) is 2. The number of carbonyl (C=O) groups is 1. The molecule has 1 saturated heterocycles. The molecule has 1 aliphatic rings. The lowest BCUT2D eigenvalue weighted by Crippen LogP contribution is -2.36. The third-order valence-electron chi connectivity index (χ3n) is 6.88. The number of alkyl halides is 1. The van der Waals surface area contributed by atoms with Gasteiger partial charge in [0.1, 0.15) is 12.4 Å². The first kappa shape index (κ1) is 24.0. The molecule has 0 saturated carbocycles. The van der Waals surface area contributed by atoms with Crippen molar-refractivity contribution in [1.29, 1.82) is 0 Å². The number of carbonyl (C=O) groups excluding carboxylic acids is 1. The molecule has 3 aromatic rings. The third kappa shape index (κ3) is 4.87. The number of aryl methyl sites for hydroxylation is 1. The molecular formula is C26H33FN4O3. The molecule has 8 heteroatoms. The zero-order valence-electron chi connectivity index (χ0n) is 20.1. The Morgan fingerprint density at radius 2 is 1.97 bits per heavy atom. The van der Waals surface area contributed by atoms with E-state index in [0.29, 0.717) is 35.0 Å². The number of rotatable bonds is 8. The lowest BCUT2D eigenvalue weighted by atomic mass is 9.96. The van der Waals surface area contributed by atoms with Crippen LogP contribution in [-0.2, 0) is 13.1 Å². The zero-order chi connectivity index (χ0) is 24.2. The Morgan fingerprint density at radius 3 is 2.68 bits per heavy atom. The summed E-state index contributed by atoms with van der Waals surface area (Å²) >= 11 is 0. The van der Waals surface area contributed by atoms with E-state index in [4.69, 9.17) is 4.74 Å². The van der Waals surface area contributed by atoms with E-state index < -0.39 is 0 Å². The van der Waals surface area contributed by atoms with E-state index >= 15 is 0 Å². The van der Waals surface area contributed by atoms with E-state index in [2.05, 4.69) is 19.8 Å². The van der Waals surface area contributed by atoms with Gasteiger partial charge in [-0.2, -0.15) is 0 Å². The first-order chi connectivity index (χ1) is 16.4. The predicted octanol–water partition coefficient (Wildman–Crippen LogP) is 3.57. The number of pyridine rings is 1. The molecule has 0 bridgehead atoms. The van der Waals surface area contributed by atoms with E-state index in [1.165, 1.54) is 7.11 Å². The highest BCUT2D eigenvalue weighted by atomic mass is 19.1. The summed E-state index contributed by atoms with van der Waals surface area (Å²) < 4.78 is 20.3. The van der Waals surface area contributed by atoms with Crippen LogP contribution in [0.3, 0.4) is 0 Å². The number of H-pyrrole nitrogens is 1. The van der Waals surface area contributed by atoms with Gasteiger partial charge in [0.2, 0.25) is 0 Å². The first-order valence-corrected chi connectivity index (χ1v) is 11.8. The highest BCUT2D eigenvalue weighted by Crippen LogP contribution is 2.29. The Morgan fingerprint density at radius 1 is 1.24 bits per heavy atom. The number of aromatic nitrogens is 2. The number of methoxy groups -OCH3 is 1. The molecule has 4 rings (SSSR count). The highest BCUT2D eigenvalue weighted by molar-refractivity contribution is 6.08. The monoisotopic (exact) mass is 468 g/mol. The minimum atomic E-state index is -0.301. The van der Waals surface area contributed by atoms with Crippen molar-refractivity contribution >= 4 is 16.8 Å². The maximum Gasteiger partial charge on any atom is 0.256 e. The van der Waals surface area contributed by atoms with Gasteiger partial charge in [0.15, 0.2) is 0 Å². The maximum atomic E-state index is 13.3. The van der Waals surface area contributed by atoms with Crippen LogP contribution in [0.5, 0.6) is 5.75 Å². The SMILES string of the molecule is COc1cc(C)[nH]c(=O)c1CNC(=O)c1c(C)n(CC2CCN(CCF)CC2)c2ccccc12. The summed E-state index contributed by atoms with van der Waals surface area (Å²) in [5.41, 5.74) is 3.40. The minimum Gasteiger partial charge on any atom is -0.496 e. The van der Waals surface area contributed by atoms with Crippen LogP contribution in [0.25, 0.3) is 10.9 Å². The van der Waals surface area contributed by atoms with E-state index in [1.54, 1.807) is 13.0 Å². The minimum absolute atomic E-state index is 0.0730. The quantitative estimate of drug-likeness (QED) is 0.530. The average Bonchev–Trinajstić information content (AvgIpc) is 3.10. The first-order valence-electron chi connectivity index (χ1n) is 11.8. The number of hydrogen-bond donors (Lipinski definition) is 2. The van der Waals surface area contributed by atoms with Crippen molar-refractivity contribution in [3.8, 4) is 5.75 Å². The van der Waals surface area contributed by atoms with Gasteiger partial charge < -0.3 is 24.5 Å². The molecule has 1 aliphatic heterocycles. The molecule has 182 valence electrons. The van der Waals surface area contributed by atoms with Gasteiger partial charge in [0.25, 0.3) is 11.5 Å². The Bertz CT molecular complexity index is 1220. The largest absolute Gasteiger partial charge is 0.496 e. The summed E-state index contributed by atoms with van der Waals surface area (Å²) in [4.78, 5) is 30.7. The maximum absolute atomic E-state index is 13.3. The van der Waals surface area contributed by atoms with Gasteiger partial charge in [-0.15, -0.1) is 0 Å². The van der Waals surface area contributed by atoms with E-state index in [1.807, 2.05) is 31.2 Å². The number of benzene rings is 1. The molecule has 2 N–H and O–H groups in total. The number of para-hydroxylation sites is 1. The summed E-state index contributed by atoms with van der Waals surface area (Å²) in [7, 11) is 1.51. The topological polar surface area (TPSA) is 79.4 Å². The molecule has 0 unspecified atom stereocenters. The fourth-order valence-electron chi connectivity index (χ4n) is 5.02. The Labute approximate surface area is 198 Å². The summed E-state index contributed by atoms with van der Waals surface area (Å²) in [5, 5.41) is 3.83. The Balaban J connectivity index is 1.56. The van der Waals surface area contributed by atoms with Crippen molar-refractivity contribution < 1.29 is 13.9 Å². The van der Waals surface area contributed by atoms with Gasteiger partial charge in [-0.05, 0) is 57.8 Å². The van der Waals surface area contributed by atoms with Crippen LogP contribution in [0.15, 0.2) is 35.1 Å². The van der Waals surface area contributed by atoms with Gasteiger partial charge >= 0.3 is 0 Å². The van der Waals surface area contributed by atoms with Crippen LogP contribution in [0.1, 0.15) is 40.2 Å². The fourth-order valence-corrected chi connectivity index (χ4v) is 5.02. The van der Waals surface area contributed by atoms with Crippen LogP contribution >= 0.6 is 0 Å².